The largest absolute Gasteiger partial charge is 0.497 e. The molecule has 6 heteroatoms. The number of nitrogens with one attached hydrogen (secondary N) is 2. The Hall–Kier alpha value is -3.02. The first-order valence-electron chi connectivity index (χ1n) is 7.01. The van der Waals surface area contributed by atoms with Gasteiger partial charge in [0.05, 0.1) is 7.11 Å². The van der Waals surface area contributed by atoms with Gasteiger partial charge in [0.25, 0.3) is 5.91 Å². The van der Waals surface area contributed by atoms with Crippen LogP contribution in [0.15, 0.2) is 48.5 Å². The number of hydrogen-bond donors (Lipinski definition) is 2. The molecular formula is C17H18N2O4. The summed E-state index contributed by atoms with van der Waals surface area (Å²) in [5, 5.41) is 5.37. The number of anilines is 2. The molecule has 0 aromatic heterocycles. The molecule has 6 nitrogen and oxygen atoms in total. The first-order chi connectivity index (χ1) is 11.1. The Balaban J connectivity index is 1.87. The molecule has 23 heavy (non-hydrogen) atoms. The topological polar surface area (TPSA) is 76.7 Å². The number of carbonyl (C=O) groups excluding carboxylic acids is 2. The van der Waals surface area contributed by atoms with Crippen molar-refractivity contribution in [3.63, 3.8) is 0 Å². The second kappa shape index (κ2) is 7.84. The Morgan fingerprint density at radius 2 is 1.70 bits per heavy atom. The number of rotatable bonds is 6. The van der Waals surface area contributed by atoms with E-state index in [2.05, 4.69) is 10.6 Å². The molecule has 0 aliphatic heterocycles. The van der Waals surface area contributed by atoms with Gasteiger partial charge in [0.2, 0.25) is 5.91 Å². The van der Waals surface area contributed by atoms with Gasteiger partial charge in [0.1, 0.15) is 11.5 Å². The van der Waals surface area contributed by atoms with Gasteiger partial charge in [-0.2, -0.15) is 0 Å². The van der Waals surface area contributed by atoms with E-state index in [1.807, 2.05) is 0 Å². The predicted molar refractivity (Wildman–Crippen MR) is 87.9 cm³/mol. The minimum Gasteiger partial charge on any atom is -0.497 e. The van der Waals surface area contributed by atoms with E-state index in [1.165, 1.54) is 6.92 Å². The SMILES string of the molecule is COc1ccc(NC(=O)COc2cccc(NC(C)=O)c2)cc1. The highest BCUT2D eigenvalue weighted by atomic mass is 16.5. The Morgan fingerprint density at radius 3 is 2.35 bits per heavy atom. The molecule has 2 aromatic rings. The maximum Gasteiger partial charge on any atom is 0.262 e. The number of methoxy groups -OCH3 is 1. The van der Waals surface area contributed by atoms with Crippen molar-refractivity contribution in [1.82, 2.24) is 0 Å². The highest BCUT2D eigenvalue weighted by Gasteiger charge is 2.05. The molecule has 0 spiro atoms. The lowest BCUT2D eigenvalue weighted by molar-refractivity contribution is -0.118. The number of carbonyl (C=O) groups is 2. The van der Waals surface area contributed by atoms with Crippen LogP contribution in [0.4, 0.5) is 11.4 Å². The zero-order valence-corrected chi connectivity index (χ0v) is 13.0. The van der Waals surface area contributed by atoms with E-state index in [1.54, 1.807) is 55.6 Å². The van der Waals surface area contributed by atoms with Gasteiger partial charge in [0, 0.05) is 24.4 Å². The molecule has 0 aliphatic rings. The summed E-state index contributed by atoms with van der Waals surface area (Å²) in [6, 6.07) is 13.9. The molecule has 0 aliphatic carbocycles. The molecule has 0 saturated carbocycles. The van der Waals surface area contributed by atoms with Gasteiger partial charge in [-0.15, -0.1) is 0 Å². The van der Waals surface area contributed by atoms with Crippen LogP contribution >= 0.6 is 0 Å². The highest BCUT2D eigenvalue weighted by Crippen LogP contribution is 2.18. The van der Waals surface area contributed by atoms with Crippen LogP contribution in [0, 0.1) is 0 Å². The zero-order chi connectivity index (χ0) is 16.7. The molecule has 0 heterocycles. The summed E-state index contributed by atoms with van der Waals surface area (Å²) in [7, 11) is 1.58. The van der Waals surface area contributed by atoms with Gasteiger partial charge in [0.15, 0.2) is 6.61 Å². The van der Waals surface area contributed by atoms with Crippen LogP contribution < -0.4 is 20.1 Å². The van der Waals surface area contributed by atoms with Crippen LogP contribution in [0.1, 0.15) is 6.92 Å². The minimum atomic E-state index is -0.278. The van der Waals surface area contributed by atoms with Crippen LogP contribution in [0.2, 0.25) is 0 Å². The normalized spacial score (nSPS) is 9.83. The van der Waals surface area contributed by atoms with E-state index < -0.39 is 0 Å². The monoisotopic (exact) mass is 314 g/mol. The third-order valence-corrected chi connectivity index (χ3v) is 2.90. The lowest BCUT2D eigenvalue weighted by Crippen LogP contribution is -2.20. The third kappa shape index (κ3) is 5.35. The van der Waals surface area contributed by atoms with Crippen molar-refractivity contribution in [3.05, 3.63) is 48.5 Å². The Morgan fingerprint density at radius 1 is 0.957 bits per heavy atom. The average molecular weight is 314 g/mol. The summed E-state index contributed by atoms with van der Waals surface area (Å²) in [5.74, 6) is 0.773. The molecule has 0 radical (unpaired) electrons. The van der Waals surface area contributed by atoms with E-state index in [0.717, 1.165) is 0 Å². The molecule has 0 atom stereocenters. The van der Waals surface area contributed by atoms with Crippen molar-refractivity contribution in [2.24, 2.45) is 0 Å². The van der Waals surface area contributed by atoms with E-state index >= 15 is 0 Å². The van der Waals surface area contributed by atoms with Gasteiger partial charge in [-0.25, -0.2) is 0 Å². The summed E-state index contributed by atoms with van der Waals surface area (Å²) in [5.41, 5.74) is 1.27. The number of amides is 2. The van der Waals surface area contributed by atoms with Crippen molar-refractivity contribution in [1.29, 1.82) is 0 Å². The van der Waals surface area contributed by atoms with E-state index in [-0.39, 0.29) is 18.4 Å². The fraction of sp³-hybridized carbons (Fsp3) is 0.176. The molecule has 2 N–H and O–H groups in total. The molecule has 0 bridgehead atoms. The van der Waals surface area contributed by atoms with E-state index in [9.17, 15) is 9.59 Å². The van der Waals surface area contributed by atoms with Crippen molar-refractivity contribution in [3.8, 4) is 11.5 Å². The lowest BCUT2D eigenvalue weighted by Gasteiger charge is -2.09. The van der Waals surface area contributed by atoms with Crippen LogP contribution in [0.3, 0.4) is 0 Å². The second-order valence-electron chi connectivity index (χ2n) is 4.77. The van der Waals surface area contributed by atoms with Gasteiger partial charge in [-0.1, -0.05) is 6.07 Å². The van der Waals surface area contributed by atoms with Crippen LogP contribution in [0.25, 0.3) is 0 Å². The maximum atomic E-state index is 11.9. The molecule has 2 aromatic carbocycles. The molecule has 2 rings (SSSR count). The van der Waals surface area contributed by atoms with Crippen LogP contribution in [0.5, 0.6) is 11.5 Å². The lowest BCUT2D eigenvalue weighted by atomic mass is 10.3. The van der Waals surface area contributed by atoms with Gasteiger partial charge in [-0.05, 0) is 36.4 Å². The second-order valence-corrected chi connectivity index (χ2v) is 4.77. The first-order valence-corrected chi connectivity index (χ1v) is 7.01. The van der Waals surface area contributed by atoms with Crippen LogP contribution in [-0.4, -0.2) is 25.5 Å². The van der Waals surface area contributed by atoms with Crippen LogP contribution in [-0.2, 0) is 9.59 Å². The smallest absolute Gasteiger partial charge is 0.262 e. The minimum absolute atomic E-state index is 0.129. The molecule has 0 unspecified atom stereocenters. The van der Waals surface area contributed by atoms with Crippen molar-refractivity contribution in [2.75, 3.05) is 24.4 Å². The fourth-order valence-electron chi connectivity index (χ4n) is 1.89. The van der Waals surface area contributed by atoms with E-state index in [0.29, 0.717) is 22.9 Å². The molecule has 0 saturated heterocycles. The standard InChI is InChI=1S/C17H18N2O4/c1-12(20)18-14-4-3-5-16(10-14)23-11-17(21)19-13-6-8-15(22-2)9-7-13/h3-10H,11H2,1-2H3,(H,18,20)(H,19,21). The average Bonchev–Trinajstić information content (AvgIpc) is 2.53. The highest BCUT2D eigenvalue weighted by molar-refractivity contribution is 5.92. The Labute approximate surface area is 134 Å². The predicted octanol–water partition coefficient (Wildman–Crippen LogP) is 2.67. The summed E-state index contributed by atoms with van der Waals surface area (Å²) in [6.45, 7) is 1.30. The summed E-state index contributed by atoms with van der Waals surface area (Å²) in [4.78, 5) is 22.9. The van der Waals surface area contributed by atoms with Crippen molar-refractivity contribution < 1.29 is 19.1 Å². The molecular weight excluding hydrogens is 296 g/mol. The Kier molecular flexibility index (Phi) is 5.57. The number of hydrogen-bond acceptors (Lipinski definition) is 4. The quantitative estimate of drug-likeness (QED) is 0.859. The van der Waals surface area contributed by atoms with Gasteiger partial charge in [-0.3, -0.25) is 9.59 Å². The van der Waals surface area contributed by atoms with Crippen molar-refractivity contribution >= 4 is 23.2 Å². The zero-order valence-electron chi connectivity index (χ0n) is 13.0. The molecule has 120 valence electrons. The number of benzene rings is 2. The first kappa shape index (κ1) is 16.4. The van der Waals surface area contributed by atoms with Gasteiger partial charge >= 0.3 is 0 Å². The third-order valence-electron chi connectivity index (χ3n) is 2.90. The summed E-state index contributed by atoms with van der Waals surface area (Å²) < 4.78 is 10.5. The maximum absolute atomic E-state index is 11.9. The van der Waals surface area contributed by atoms with Crippen molar-refractivity contribution in [2.45, 2.75) is 6.92 Å². The summed E-state index contributed by atoms with van der Waals surface area (Å²) >= 11 is 0. The van der Waals surface area contributed by atoms with Gasteiger partial charge < -0.3 is 20.1 Å². The summed E-state index contributed by atoms with van der Waals surface area (Å²) in [6.07, 6.45) is 0. The van der Waals surface area contributed by atoms with E-state index in [4.69, 9.17) is 9.47 Å². The molecule has 0 fully saturated rings. The Bertz CT molecular complexity index is 683. The number of ether oxygens (including phenoxy) is 2. The fourth-order valence-corrected chi connectivity index (χ4v) is 1.89. The molecule has 2 amide bonds.